The molecule has 0 unspecified atom stereocenters. The van der Waals surface area contributed by atoms with E-state index in [4.69, 9.17) is 42.6 Å². The van der Waals surface area contributed by atoms with Crippen molar-refractivity contribution < 1.29 is 144 Å². The molecule has 0 aromatic carbocycles. The normalized spacial score (nSPS) is 45.0. The second-order valence-corrected chi connectivity index (χ2v) is 17.6. The summed E-state index contributed by atoms with van der Waals surface area (Å²) in [5.74, 6) is -7.29. The van der Waals surface area contributed by atoms with E-state index in [2.05, 4.69) is 16.0 Å². The molecule has 410 valence electrons. The second kappa shape index (κ2) is 25.0. The largest absolute Gasteiger partial charge is 0.477 e. The summed E-state index contributed by atoms with van der Waals surface area (Å²) in [6, 6.07) is -4.90. The van der Waals surface area contributed by atoms with Crippen LogP contribution < -0.4 is 16.0 Å². The molecule has 3 amide bonds. The lowest BCUT2D eigenvalue weighted by Gasteiger charge is -2.50. The second-order valence-electron chi connectivity index (χ2n) is 17.6. The summed E-state index contributed by atoms with van der Waals surface area (Å²) in [6.07, 6.45) is -44.0. The van der Waals surface area contributed by atoms with E-state index in [0.717, 1.165) is 20.8 Å². The summed E-state index contributed by atoms with van der Waals surface area (Å²) in [5, 5.41) is 178. The maximum absolute atomic E-state index is 12.7. The Bertz CT molecular complexity index is 1770. The molecule has 32 nitrogen and oxygen atoms in total. The Morgan fingerprint density at radius 1 is 0.563 bits per heavy atom. The Kier molecular flexibility index (Phi) is 20.7. The molecule has 0 aromatic rings. The van der Waals surface area contributed by atoms with Crippen LogP contribution in [0.1, 0.15) is 27.2 Å². The van der Waals surface area contributed by atoms with Crippen LogP contribution in [-0.4, -0.2) is 297 Å². The summed E-state index contributed by atoms with van der Waals surface area (Å²) in [5.41, 5.74) is 0. The number of carbonyl (C=O) groups is 4. The Morgan fingerprint density at radius 3 is 1.62 bits per heavy atom. The Balaban J connectivity index is 1.34. The van der Waals surface area contributed by atoms with Gasteiger partial charge < -0.3 is 140 Å². The lowest BCUT2D eigenvalue weighted by atomic mass is 9.88. The van der Waals surface area contributed by atoms with Crippen LogP contribution in [0.15, 0.2) is 0 Å². The fraction of sp³-hybridized carbons (Fsp3) is 0.897. The number of rotatable bonds is 19. The Labute approximate surface area is 402 Å². The van der Waals surface area contributed by atoms with Crippen LogP contribution >= 0.6 is 0 Å². The SMILES string of the molecule is CC(=O)N[C@@H]1[C@@H](O[C@@H]2O[C@H](CO)[C@H](O[C@@H]3O[C@H](CO)[C@H](O)[C@H](O[C@@H]4O[C@H](CO)[C@H](O)[C@H](O)[C@H]4NC(C)=O)[C@H]3O)[C@H](O)[C@H]2O)[C@@H](O)[C@@H](CO[C@]2(C(=O)O)C[C@H](O)[C@@H](NC(C)=O)[C@H]([C@H](O)[C@H](O)CO)O2)O[C@@H]1O. The minimum absolute atomic E-state index is 0.748. The van der Waals surface area contributed by atoms with Gasteiger partial charge in [-0.3, -0.25) is 14.4 Å². The molecule has 5 aliphatic heterocycles. The lowest BCUT2D eigenvalue weighted by Crippen LogP contribution is -2.70. The van der Waals surface area contributed by atoms with E-state index in [1.807, 2.05) is 0 Å². The van der Waals surface area contributed by atoms with Crippen LogP contribution in [0.5, 0.6) is 0 Å². The Morgan fingerprint density at radius 2 is 1.06 bits per heavy atom. The molecule has 5 saturated heterocycles. The number of hydrogen-bond donors (Lipinski definition) is 19. The molecule has 5 heterocycles. The molecule has 0 bridgehead atoms. The molecule has 0 aromatic heterocycles. The first-order valence-corrected chi connectivity index (χ1v) is 22.2. The van der Waals surface area contributed by atoms with Gasteiger partial charge in [-0.15, -0.1) is 0 Å². The molecule has 19 N–H and O–H groups in total. The number of carboxylic acid groups (broad SMARTS) is 1. The number of aliphatic carboxylic acids is 1. The van der Waals surface area contributed by atoms with Crippen molar-refractivity contribution in [2.75, 3.05) is 33.0 Å². The molecule has 0 aliphatic carbocycles. The van der Waals surface area contributed by atoms with Crippen molar-refractivity contribution in [3.8, 4) is 0 Å². The number of carboxylic acids is 1. The smallest absolute Gasteiger partial charge is 0.364 e. The van der Waals surface area contributed by atoms with Gasteiger partial charge in [0.2, 0.25) is 17.7 Å². The quantitative estimate of drug-likeness (QED) is 0.0571. The van der Waals surface area contributed by atoms with Crippen LogP contribution in [-0.2, 0) is 61.8 Å². The predicted octanol–water partition coefficient (Wildman–Crippen LogP) is -12.3. The average molecular weight is 1040 g/mol. The van der Waals surface area contributed by atoms with E-state index < -0.39 is 222 Å². The number of amides is 3. The highest BCUT2D eigenvalue weighted by atomic mass is 16.8. The zero-order valence-corrected chi connectivity index (χ0v) is 38.1. The van der Waals surface area contributed by atoms with Crippen molar-refractivity contribution in [3.05, 3.63) is 0 Å². The van der Waals surface area contributed by atoms with E-state index in [1.165, 1.54) is 0 Å². The van der Waals surface area contributed by atoms with Crippen molar-refractivity contribution in [1.82, 2.24) is 16.0 Å². The van der Waals surface area contributed by atoms with Crippen LogP contribution in [0.2, 0.25) is 0 Å². The van der Waals surface area contributed by atoms with Crippen molar-refractivity contribution in [1.29, 1.82) is 0 Å². The Hall–Kier alpha value is -3.08. The van der Waals surface area contributed by atoms with Crippen molar-refractivity contribution >= 4 is 23.7 Å². The zero-order chi connectivity index (χ0) is 53.0. The van der Waals surface area contributed by atoms with Crippen LogP contribution in [0.3, 0.4) is 0 Å². The molecule has 5 aliphatic rings. The summed E-state index contributed by atoms with van der Waals surface area (Å²) < 4.78 is 50.7. The maximum atomic E-state index is 12.7. The van der Waals surface area contributed by atoms with E-state index in [0.29, 0.717) is 0 Å². The van der Waals surface area contributed by atoms with Gasteiger partial charge in [-0.2, -0.15) is 0 Å². The molecule has 0 saturated carbocycles. The number of hydrogen-bond acceptors (Lipinski definition) is 28. The molecule has 5 fully saturated rings. The van der Waals surface area contributed by atoms with Crippen molar-refractivity contribution in [3.63, 3.8) is 0 Å². The molecular weight excluding hydrogens is 974 g/mol. The lowest BCUT2D eigenvalue weighted by molar-refractivity contribution is -0.383. The van der Waals surface area contributed by atoms with Gasteiger partial charge in [0.15, 0.2) is 25.2 Å². The summed E-state index contributed by atoms with van der Waals surface area (Å²) in [7, 11) is 0. The zero-order valence-electron chi connectivity index (χ0n) is 38.1. The molecule has 32 heteroatoms. The van der Waals surface area contributed by atoms with E-state index in [9.17, 15) is 101 Å². The van der Waals surface area contributed by atoms with Gasteiger partial charge >= 0.3 is 5.97 Å². The molecule has 0 radical (unpaired) electrons. The average Bonchev–Trinajstić information content (AvgIpc) is 3.31. The fourth-order valence-corrected chi connectivity index (χ4v) is 8.83. The monoisotopic (exact) mass is 1040 g/mol. The van der Waals surface area contributed by atoms with Gasteiger partial charge in [-0.1, -0.05) is 0 Å². The van der Waals surface area contributed by atoms with E-state index in [-0.39, 0.29) is 0 Å². The molecule has 0 spiro atoms. The minimum atomic E-state index is -2.96. The molecule has 5 rings (SSSR count). The highest BCUT2D eigenvalue weighted by molar-refractivity contribution is 5.77. The minimum Gasteiger partial charge on any atom is -0.477 e. The van der Waals surface area contributed by atoms with Gasteiger partial charge in [0.25, 0.3) is 5.79 Å². The van der Waals surface area contributed by atoms with E-state index in [1.54, 1.807) is 0 Å². The van der Waals surface area contributed by atoms with Gasteiger partial charge in [0, 0.05) is 27.2 Å². The fourth-order valence-electron chi connectivity index (χ4n) is 8.83. The summed E-state index contributed by atoms with van der Waals surface area (Å²) in [4.78, 5) is 48.9. The van der Waals surface area contributed by atoms with Gasteiger partial charge in [0.05, 0.1) is 45.2 Å². The van der Waals surface area contributed by atoms with Gasteiger partial charge in [-0.05, 0) is 0 Å². The summed E-state index contributed by atoms with van der Waals surface area (Å²) in [6.45, 7) is -2.05. The van der Waals surface area contributed by atoms with Crippen molar-refractivity contribution in [2.45, 2.75) is 186 Å². The van der Waals surface area contributed by atoms with Crippen LogP contribution in [0.25, 0.3) is 0 Å². The summed E-state index contributed by atoms with van der Waals surface area (Å²) >= 11 is 0. The molecule has 26 atom stereocenters. The molecule has 71 heavy (non-hydrogen) atoms. The number of carbonyl (C=O) groups excluding carboxylic acids is 3. The number of nitrogens with one attached hydrogen (secondary N) is 3. The first kappa shape index (κ1) is 58.8. The first-order valence-electron chi connectivity index (χ1n) is 22.2. The van der Waals surface area contributed by atoms with Gasteiger partial charge in [0.1, 0.15) is 116 Å². The van der Waals surface area contributed by atoms with Gasteiger partial charge in [-0.25, -0.2) is 4.79 Å². The number of aliphatic hydroxyl groups is 15. The number of aliphatic hydroxyl groups excluding tert-OH is 15. The first-order chi connectivity index (χ1) is 33.3. The third-order valence-corrected chi connectivity index (χ3v) is 12.5. The predicted molar refractivity (Wildman–Crippen MR) is 219 cm³/mol. The van der Waals surface area contributed by atoms with Crippen LogP contribution in [0.4, 0.5) is 0 Å². The highest BCUT2D eigenvalue weighted by Gasteiger charge is 2.59. The van der Waals surface area contributed by atoms with Crippen molar-refractivity contribution in [2.24, 2.45) is 0 Å². The molecular formula is C39H65N3O29. The number of ether oxygens (including phenoxy) is 9. The van der Waals surface area contributed by atoms with Crippen LogP contribution in [0, 0.1) is 0 Å². The standard InChI is InChI=1S/C39H65N3O29/c1-10(47)40-19-13(50)4-39(38(61)62,71-32(19)22(52)14(51)5-43)63-9-18-25(55)31(21(34(60)64-18)42-12(3)49)69-36-28(58)27(57)30(17(8-46)67-36)68-37-29(59)33(24(54)16(7-45)66-37)70-35-20(41-11(2)48)26(56)23(53)15(6-44)65-35/h13-37,43-46,50-60H,4-9H2,1-3H3,(H,40,47)(H,41,48)(H,42,49)(H,61,62)/t13-,14+,15+,16+,17+,18+,19+,20+,21+,22+,23-,24-,25-,26+,27+,28+,29+,30-,31+,32+,33-,34-,35-,36-,37-,39+/m0/s1. The van der Waals surface area contributed by atoms with E-state index >= 15 is 0 Å². The third-order valence-electron chi connectivity index (χ3n) is 12.5. The maximum Gasteiger partial charge on any atom is 0.364 e. The topological polar surface area (TPSA) is 511 Å². The third kappa shape index (κ3) is 13.1. The highest BCUT2D eigenvalue weighted by Crippen LogP contribution is 2.37.